The Morgan fingerprint density at radius 2 is 1.82 bits per heavy atom. The van der Waals surface area contributed by atoms with Gasteiger partial charge in [-0.1, -0.05) is 31.9 Å². The van der Waals surface area contributed by atoms with Crippen molar-refractivity contribution in [1.29, 1.82) is 0 Å². The van der Waals surface area contributed by atoms with Gasteiger partial charge in [-0.2, -0.15) is 0 Å². The van der Waals surface area contributed by atoms with Crippen LogP contribution in [0.25, 0.3) is 0 Å². The van der Waals surface area contributed by atoms with Crippen molar-refractivity contribution >= 4 is 43.5 Å². The lowest BCUT2D eigenvalue weighted by atomic mass is 10.1. The Hall–Kier alpha value is -0.350. The molecule has 0 radical (unpaired) electrons. The van der Waals surface area contributed by atoms with E-state index in [9.17, 15) is 4.79 Å². The van der Waals surface area contributed by atoms with Crippen LogP contribution in [0.2, 0.25) is 0 Å². The van der Waals surface area contributed by atoms with E-state index in [1.807, 2.05) is 26.0 Å². The second kappa shape index (κ2) is 7.17. The maximum atomic E-state index is 11.7. The number of hydrogen-bond acceptors (Lipinski definition) is 1. The van der Waals surface area contributed by atoms with Crippen molar-refractivity contribution in [3.63, 3.8) is 0 Å². The third-order valence-corrected chi connectivity index (χ3v) is 4.32. The number of carbonyl (C=O) groups excluding carboxylic acids is 1. The zero-order valence-electron chi connectivity index (χ0n) is 10.1. The molecule has 1 amide bonds. The number of benzene rings is 1. The summed E-state index contributed by atoms with van der Waals surface area (Å²) in [5.74, 6) is 0.0899. The van der Waals surface area contributed by atoms with E-state index in [-0.39, 0.29) is 5.91 Å². The lowest BCUT2D eigenvalue weighted by Gasteiger charge is -2.09. The van der Waals surface area contributed by atoms with E-state index in [1.54, 1.807) is 0 Å². The molecule has 17 heavy (non-hydrogen) atoms. The molecule has 0 aliphatic carbocycles. The Bertz CT molecular complexity index is 381. The van der Waals surface area contributed by atoms with E-state index in [4.69, 9.17) is 0 Å². The lowest BCUT2D eigenvalue weighted by molar-refractivity contribution is -0.116. The largest absolute Gasteiger partial charge is 0.326 e. The zero-order valence-corrected chi connectivity index (χ0v) is 13.3. The second-order valence-electron chi connectivity index (χ2n) is 4.12. The van der Waals surface area contributed by atoms with Crippen molar-refractivity contribution < 1.29 is 4.79 Å². The number of alkyl halides is 1. The first-order valence-corrected chi connectivity index (χ1v) is 7.58. The third-order valence-electron chi connectivity index (χ3n) is 2.51. The minimum atomic E-state index is 0.0899. The van der Waals surface area contributed by atoms with Crippen LogP contribution in [-0.2, 0) is 4.79 Å². The Labute approximate surface area is 119 Å². The normalized spacial score (nSPS) is 10.4. The molecule has 0 saturated carbocycles. The molecule has 1 aromatic rings. The molecule has 1 N–H and O–H groups in total. The molecule has 0 atom stereocenters. The van der Waals surface area contributed by atoms with Crippen molar-refractivity contribution in [1.82, 2.24) is 0 Å². The van der Waals surface area contributed by atoms with Gasteiger partial charge in [0.05, 0.1) is 0 Å². The van der Waals surface area contributed by atoms with Crippen molar-refractivity contribution in [2.24, 2.45) is 0 Å². The minimum absolute atomic E-state index is 0.0899. The highest BCUT2D eigenvalue weighted by atomic mass is 79.9. The van der Waals surface area contributed by atoms with E-state index in [0.29, 0.717) is 6.42 Å². The number of amides is 1. The van der Waals surface area contributed by atoms with Gasteiger partial charge >= 0.3 is 0 Å². The van der Waals surface area contributed by atoms with Crippen LogP contribution in [0.4, 0.5) is 5.69 Å². The maximum Gasteiger partial charge on any atom is 0.224 e. The zero-order chi connectivity index (χ0) is 12.8. The quantitative estimate of drug-likeness (QED) is 0.603. The Morgan fingerprint density at radius 3 is 2.35 bits per heavy atom. The van der Waals surface area contributed by atoms with Crippen molar-refractivity contribution in [2.75, 3.05) is 10.6 Å². The summed E-state index contributed by atoms with van der Waals surface area (Å²) in [5, 5.41) is 3.89. The molecular formula is C13H17Br2NO. The summed E-state index contributed by atoms with van der Waals surface area (Å²) in [6, 6.07) is 3.97. The maximum absolute atomic E-state index is 11.7. The number of anilines is 1. The predicted octanol–water partition coefficient (Wildman–Crippen LogP) is 4.57. The third kappa shape index (κ3) is 4.80. The summed E-state index contributed by atoms with van der Waals surface area (Å²) in [7, 11) is 0. The molecule has 0 saturated heterocycles. The molecule has 0 unspecified atom stereocenters. The fourth-order valence-corrected chi connectivity index (χ4v) is 2.25. The van der Waals surface area contributed by atoms with Gasteiger partial charge in [-0.25, -0.2) is 0 Å². The lowest BCUT2D eigenvalue weighted by Crippen LogP contribution is -2.11. The van der Waals surface area contributed by atoms with E-state index in [1.165, 1.54) is 0 Å². The number of carbonyl (C=O) groups is 1. The van der Waals surface area contributed by atoms with Crippen molar-refractivity contribution in [2.45, 2.75) is 33.1 Å². The van der Waals surface area contributed by atoms with Gasteiger partial charge in [0, 0.05) is 21.9 Å². The van der Waals surface area contributed by atoms with Crippen LogP contribution in [-0.4, -0.2) is 11.2 Å². The number of aryl methyl sites for hydroxylation is 2. The molecule has 0 spiro atoms. The number of nitrogens with one attached hydrogen (secondary N) is 1. The second-order valence-corrected chi connectivity index (χ2v) is 5.70. The van der Waals surface area contributed by atoms with Gasteiger partial charge < -0.3 is 5.32 Å². The molecule has 0 aromatic heterocycles. The summed E-state index contributed by atoms with van der Waals surface area (Å²) >= 11 is 6.87. The van der Waals surface area contributed by atoms with Crippen LogP contribution in [0, 0.1) is 13.8 Å². The van der Waals surface area contributed by atoms with Gasteiger partial charge in [-0.3, -0.25) is 4.79 Å². The predicted molar refractivity (Wildman–Crippen MR) is 79.9 cm³/mol. The molecule has 0 aliphatic rings. The Kier molecular flexibility index (Phi) is 6.20. The highest BCUT2D eigenvalue weighted by Gasteiger charge is 2.05. The van der Waals surface area contributed by atoms with Gasteiger partial charge in [-0.15, -0.1) is 0 Å². The number of halogens is 2. The molecule has 0 fully saturated rings. The summed E-state index contributed by atoms with van der Waals surface area (Å²) in [5.41, 5.74) is 3.16. The first-order valence-electron chi connectivity index (χ1n) is 5.67. The molecule has 2 nitrogen and oxygen atoms in total. The van der Waals surface area contributed by atoms with Gasteiger partial charge in [0.15, 0.2) is 0 Å². The van der Waals surface area contributed by atoms with Crippen LogP contribution in [0.15, 0.2) is 16.6 Å². The SMILES string of the molecule is Cc1cc(NC(=O)CCCCBr)cc(C)c1Br. The molecule has 1 aromatic carbocycles. The van der Waals surface area contributed by atoms with Crippen molar-refractivity contribution in [3.8, 4) is 0 Å². The standard InChI is InChI=1S/C13H17Br2NO/c1-9-7-11(8-10(2)13(9)15)16-12(17)5-3-4-6-14/h7-8H,3-6H2,1-2H3,(H,16,17). The molecular weight excluding hydrogens is 346 g/mol. The average molecular weight is 363 g/mol. The van der Waals surface area contributed by atoms with Crippen LogP contribution in [0.3, 0.4) is 0 Å². The van der Waals surface area contributed by atoms with Crippen LogP contribution < -0.4 is 5.32 Å². The summed E-state index contributed by atoms with van der Waals surface area (Å²) in [6.07, 6.45) is 2.54. The van der Waals surface area contributed by atoms with Crippen LogP contribution >= 0.6 is 31.9 Å². The highest BCUT2D eigenvalue weighted by molar-refractivity contribution is 9.10. The van der Waals surface area contributed by atoms with E-state index >= 15 is 0 Å². The summed E-state index contributed by atoms with van der Waals surface area (Å²) in [6.45, 7) is 4.05. The molecule has 1 rings (SSSR count). The summed E-state index contributed by atoms with van der Waals surface area (Å²) < 4.78 is 1.11. The van der Waals surface area contributed by atoms with E-state index in [2.05, 4.69) is 37.2 Å². The Balaban J connectivity index is 2.60. The highest BCUT2D eigenvalue weighted by Crippen LogP contribution is 2.25. The Morgan fingerprint density at radius 1 is 1.24 bits per heavy atom. The smallest absolute Gasteiger partial charge is 0.224 e. The van der Waals surface area contributed by atoms with Crippen molar-refractivity contribution in [3.05, 3.63) is 27.7 Å². The monoisotopic (exact) mass is 361 g/mol. The van der Waals surface area contributed by atoms with E-state index < -0.39 is 0 Å². The topological polar surface area (TPSA) is 29.1 Å². The van der Waals surface area contributed by atoms with Crippen LogP contribution in [0.1, 0.15) is 30.4 Å². The fraction of sp³-hybridized carbons (Fsp3) is 0.462. The molecule has 94 valence electrons. The molecule has 4 heteroatoms. The molecule has 0 bridgehead atoms. The fourth-order valence-electron chi connectivity index (χ4n) is 1.62. The molecule has 0 heterocycles. The number of rotatable bonds is 5. The van der Waals surface area contributed by atoms with E-state index in [0.717, 1.165) is 39.5 Å². The first kappa shape index (κ1) is 14.7. The number of hydrogen-bond donors (Lipinski definition) is 1. The first-order chi connectivity index (χ1) is 8.04. The van der Waals surface area contributed by atoms with Gasteiger partial charge in [0.25, 0.3) is 0 Å². The summed E-state index contributed by atoms with van der Waals surface area (Å²) in [4.78, 5) is 11.7. The van der Waals surface area contributed by atoms with Crippen LogP contribution in [0.5, 0.6) is 0 Å². The van der Waals surface area contributed by atoms with Gasteiger partial charge in [-0.05, 0) is 49.9 Å². The van der Waals surface area contributed by atoms with Gasteiger partial charge in [0.2, 0.25) is 5.91 Å². The average Bonchev–Trinajstić information content (AvgIpc) is 2.26. The number of unbranched alkanes of at least 4 members (excludes halogenated alkanes) is 1. The molecule has 0 aliphatic heterocycles. The van der Waals surface area contributed by atoms with Gasteiger partial charge in [0.1, 0.15) is 0 Å². The minimum Gasteiger partial charge on any atom is -0.326 e.